The van der Waals surface area contributed by atoms with Gasteiger partial charge in [-0.05, 0) is 43.7 Å². The average Bonchev–Trinajstić information content (AvgIpc) is 2.73. The summed E-state index contributed by atoms with van der Waals surface area (Å²) in [5.74, 6) is -0.323. The number of rotatable bonds is 6. The van der Waals surface area contributed by atoms with Gasteiger partial charge >= 0.3 is 12.0 Å². The van der Waals surface area contributed by atoms with E-state index in [1.165, 1.54) is 7.11 Å². The number of benzene rings is 2. The van der Waals surface area contributed by atoms with Gasteiger partial charge < -0.3 is 25.4 Å². The molecule has 3 rings (SSSR count). The number of carbonyl (C=O) groups excluding carboxylic acids is 3. The Morgan fingerprint density at radius 2 is 1.70 bits per heavy atom. The molecule has 3 amide bonds. The second kappa shape index (κ2) is 9.13. The molecular formula is C22H23N3O5. The third-order valence-corrected chi connectivity index (χ3v) is 4.59. The number of esters is 1. The quantitative estimate of drug-likeness (QED) is 0.636. The summed E-state index contributed by atoms with van der Waals surface area (Å²) in [5.41, 5.74) is 3.24. The van der Waals surface area contributed by atoms with Crippen LogP contribution >= 0.6 is 0 Å². The number of amides is 3. The van der Waals surface area contributed by atoms with Crippen LogP contribution in [0.25, 0.3) is 0 Å². The smallest absolute Gasteiger partial charge is 0.337 e. The van der Waals surface area contributed by atoms with E-state index in [-0.39, 0.29) is 12.5 Å². The topological polar surface area (TPSA) is 106 Å². The molecule has 1 heterocycles. The van der Waals surface area contributed by atoms with Crippen molar-refractivity contribution >= 4 is 23.6 Å². The fraction of sp³-hybridized carbons (Fsp3) is 0.227. The maximum Gasteiger partial charge on any atom is 0.337 e. The second-order valence-electron chi connectivity index (χ2n) is 6.83. The van der Waals surface area contributed by atoms with Gasteiger partial charge in [-0.25, -0.2) is 9.59 Å². The summed E-state index contributed by atoms with van der Waals surface area (Å²) in [7, 11) is 1.29. The van der Waals surface area contributed by atoms with Gasteiger partial charge in [0.1, 0.15) is 5.75 Å². The van der Waals surface area contributed by atoms with Crippen molar-refractivity contribution in [3.05, 3.63) is 70.9 Å². The largest absolute Gasteiger partial charge is 0.484 e. The predicted molar refractivity (Wildman–Crippen MR) is 111 cm³/mol. The van der Waals surface area contributed by atoms with E-state index in [0.717, 1.165) is 5.56 Å². The fourth-order valence-corrected chi connectivity index (χ4v) is 3.06. The first kappa shape index (κ1) is 20.9. The maximum atomic E-state index is 12.1. The van der Waals surface area contributed by atoms with Gasteiger partial charge in [-0.15, -0.1) is 0 Å². The molecule has 2 aromatic rings. The van der Waals surface area contributed by atoms with Crippen molar-refractivity contribution < 1.29 is 23.9 Å². The second-order valence-corrected chi connectivity index (χ2v) is 6.83. The van der Waals surface area contributed by atoms with Gasteiger partial charge in [0.25, 0.3) is 5.91 Å². The Kier molecular flexibility index (Phi) is 6.36. The van der Waals surface area contributed by atoms with E-state index in [2.05, 4.69) is 16.0 Å². The third kappa shape index (κ3) is 4.96. The number of nitrogens with one attached hydrogen (secondary N) is 3. The Morgan fingerprint density at radius 3 is 2.33 bits per heavy atom. The first-order valence-electron chi connectivity index (χ1n) is 9.33. The zero-order valence-corrected chi connectivity index (χ0v) is 16.9. The highest BCUT2D eigenvalue weighted by Gasteiger charge is 2.31. The van der Waals surface area contributed by atoms with Gasteiger partial charge in [0.2, 0.25) is 0 Å². The molecule has 0 spiro atoms. The lowest BCUT2D eigenvalue weighted by Crippen LogP contribution is -2.45. The van der Waals surface area contributed by atoms with E-state index < -0.39 is 18.0 Å². The lowest BCUT2D eigenvalue weighted by Gasteiger charge is -2.27. The van der Waals surface area contributed by atoms with E-state index in [0.29, 0.717) is 28.3 Å². The van der Waals surface area contributed by atoms with Crippen LogP contribution in [0.4, 0.5) is 10.5 Å². The van der Waals surface area contributed by atoms with Gasteiger partial charge in [-0.2, -0.15) is 0 Å². The molecule has 0 saturated carbocycles. The Morgan fingerprint density at radius 1 is 1.03 bits per heavy atom. The zero-order chi connectivity index (χ0) is 21.7. The van der Waals surface area contributed by atoms with Gasteiger partial charge in [0.05, 0.1) is 18.7 Å². The first-order chi connectivity index (χ1) is 14.4. The molecule has 0 aromatic heterocycles. The summed E-state index contributed by atoms with van der Waals surface area (Å²) in [5, 5.41) is 8.05. The molecule has 0 saturated heterocycles. The van der Waals surface area contributed by atoms with Crippen LogP contribution in [-0.4, -0.2) is 31.6 Å². The average molecular weight is 409 g/mol. The Hall–Kier alpha value is -3.81. The molecule has 2 aromatic carbocycles. The van der Waals surface area contributed by atoms with Gasteiger partial charge in [0, 0.05) is 11.4 Å². The number of hydrogen-bond donors (Lipinski definition) is 3. The number of ether oxygens (including phenoxy) is 2. The van der Waals surface area contributed by atoms with Crippen molar-refractivity contribution in [1.82, 2.24) is 10.6 Å². The van der Waals surface area contributed by atoms with E-state index in [1.807, 2.05) is 31.2 Å². The first-order valence-corrected chi connectivity index (χ1v) is 9.33. The van der Waals surface area contributed by atoms with Crippen LogP contribution in [0.5, 0.6) is 5.75 Å². The lowest BCUT2D eigenvalue weighted by atomic mass is 9.95. The molecule has 30 heavy (non-hydrogen) atoms. The molecule has 1 aliphatic rings. The minimum absolute atomic E-state index is 0.149. The highest BCUT2D eigenvalue weighted by molar-refractivity contribution is 5.95. The number of carbonyl (C=O) groups is 3. The van der Waals surface area contributed by atoms with Gasteiger partial charge in [-0.1, -0.05) is 29.8 Å². The summed E-state index contributed by atoms with van der Waals surface area (Å²) >= 11 is 0. The van der Waals surface area contributed by atoms with Crippen molar-refractivity contribution in [2.24, 2.45) is 0 Å². The predicted octanol–water partition coefficient (Wildman–Crippen LogP) is 2.81. The molecule has 1 atom stereocenters. The molecule has 0 unspecified atom stereocenters. The number of methoxy groups -OCH3 is 1. The standard InChI is InChI=1S/C22H23N3O5/c1-13-4-8-16(9-5-13)24-18(26)12-30-17-10-6-15(7-11-17)20-19(21(27)29-3)14(2)23-22(28)25-20/h4-11,20H,12H2,1-3H3,(H,24,26)(H2,23,25,28)/t20-/m0/s1. The molecule has 156 valence electrons. The monoisotopic (exact) mass is 409 g/mol. The zero-order valence-electron chi connectivity index (χ0n) is 16.9. The van der Waals surface area contributed by atoms with Crippen LogP contribution in [0.2, 0.25) is 0 Å². The third-order valence-electron chi connectivity index (χ3n) is 4.59. The van der Waals surface area contributed by atoms with E-state index in [1.54, 1.807) is 31.2 Å². The summed E-state index contributed by atoms with van der Waals surface area (Å²) in [6.07, 6.45) is 0. The Balaban J connectivity index is 1.64. The van der Waals surface area contributed by atoms with Crippen LogP contribution in [0, 0.1) is 6.92 Å². The molecule has 1 aliphatic heterocycles. The molecule has 0 bridgehead atoms. The van der Waals surface area contributed by atoms with Crippen molar-refractivity contribution in [2.45, 2.75) is 19.9 Å². The molecule has 3 N–H and O–H groups in total. The summed E-state index contributed by atoms with van der Waals surface area (Å²) in [6, 6.07) is 13.2. The lowest BCUT2D eigenvalue weighted by molar-refractivity contribution is -0.136. The number of anilines is 1. The van der Waals surface area contributed by atoms with Crippen LogP contribution in [0.1, 0.15) is 24.1 Å². The minimum Gasteiger partial charge on any atom is -0.484 e. The summed E-state index contributed by atoms with van der Waals surface area (Å²) in [6.45, 7) is 3.46. The van der Waals surface area contributed by atoms with Crippen LogP contribution < -0.4 is 20.7 Å². The normalized spacial score (nSPS) is 15.7. The van der Waals surface area contributed by atoms with Gasteiger partial charge in [0.15, 0.2) is 6.61 Å². The molecule has 8 heteroatoms. The highest BCUT2D eigenvalue weighted by Crippen LogP contribution is 2.28. The summed E-state index contributed by atoms with van der Waals surface area (Å²) in [4.78, 5) is 36.0. The summed E-state index contributed by atoms with van der Waals surface area (Å²) < 4.78 is 10.4. The van der Waals surface area contributed by atoms with E-state index >= 15 is 0 Å². The SMILES string of the molecule is COC(=O)C1=C(C)NC(=O)N[C@H]1c1ccc(OCC(=O)Nc2ccc(C)cc2)cc1. The van der Waals surface area contributed by atoms with Crippen molar-refractivity contribution in [3.8, 4) is 5.75 Å². The van der Waals surface area contributed by atoms with Crippen molar-refractivity contribution in [1.29, 1.82) is 0 Å². The Bertz CT molecular complexity index is 981. The van der Waals surface area contributed by atoms with E-state index in [4.69, 9.17) is 9.47 Å². The van der Waals surface area contributed by atoms with Crippen LogP contribution in [0.15, 0.2) is 59.8 Å². The minimum atomic E-state index is -0.648. The van der Waals surface area contributed by atoms with Crippen molar-refractivity contribution in [2.75, 3.05) is 19.0 Å². The molecular weight excluding hydrogens is 386 g/mol. The number of aryl methyl sites for hydroxylation is 1. The fourth-order valence-electron chi connectivity index (χ4n) is 3.06. The van der Waals surface area contributed by atoms with Crippen molar-refractivity contribution in [3.63, 3.8) is 0 Å². The highest BCUT2D eigenvalue weighted by atomic mass is 16.5. The molecule has 0 aliphatic carbocycles. The number of urea groups is 1. The molecule has 8 nitrogen and oxygen atoms in total. The van der Waals surface area contributed by atoms with Gasteiger partial charge in [-0.3, -0.25) is 4.79 Å². The Labute approximate surface area is 174 Å². The number of hydrogen-bond acceptors (Lipinski definition) is 5. The van der Waals surface area contributed by atoms with E-state index in [9.17, 15) is 14.4 Å². The maximum absolute atomic E-state index is 12.1. The molecule has 0 fully saturated rings. The molecule has 0 radical (unpaired) electrons. The van der Waals surface area contributed by atoms with Crippen LogP contribution in [0.3, 0.4) is 0 Å². The van der Waals surface area contributed by atoms with Crippen LogP contribution in [-0.2, 0) is 14.3 Å². The number of allylic oxidation sites excluding steroid dienone is 1.